The van der Waals surface area contributed by atoms with Crippen LogP contribution in [0.4, 0.5) is 0 Å². The van der Waals surface area contributed by atoms with Gasteiger partial charge in [0, 0.05) is 12.6 Å². The Bertz CT molecular complexity index is 528. The van der Waals surface area contributed by atoms with Crippen molar-refractivity contribution < 1.29 is 13.2 Å². The van der Waals surface area contributed by atoms with Crippen molar-refractivity contribution in [1.82, 2.24) is 9.62 Å². The summed E-state index contributed by atoms with van der Waals surface area (Å²) in [5.74, 6) is 0.688. The van der Waals surface area contributed by atoms with Crippen molar-refractivity contribution in [2.24, 2.45) is 0 Å². The quantitative estimate of drug-likeness (QED) is 0.851. The fourth-order valence-electron chi connectivity index (χ4n) is 2.25. The molecule has 2 rings (SSSR count). The van der Waals surface area contributed by atoms with Crippen LogP contribution in [0.15, 0.2) is 24.3 Å². The monoisotopic (exact) mass is 298 g/mol. The van der Waals surface area contributed by atoms with Gasteiger partial charge in [0.1, 0.15) is 12.4 Å². The smallest absolute Gasteiger partial charge is 0.215 e. The molecule has 1 aromatic carbocycles. The Balaban J connectivity index is 1.76. The van der Waals surface area contributed by atoms with E-state index in [9.17, 15) is 8.42 Å². The first kappa shape index (κ1) is 15.3. The highest BCUT2D eigenvalue weighted by Gasteiger charge is 2.24. The minimum absolute atomic E-state index is 0.0128. The van der Waals surface area contributed by atoms with Gasteiger partial charge in [-0.05, 0) is 39.1 Å². The molecule has 1 N–H and O–H groups in total. The van der Waals surface area contributed by atoms with E-state index in [1.807, 2.05) is 38.2 Å². The molecule has 1 heterocycles. The van der Waals surface area contributed by atoms with Crippen LogP contribution in [-0.2, 0) is 10.0 Å². The Morgan fingerprint density at radius 2 is 2.05 bits per heavy atom. The van der Waals surface area contributed by atoms with E-state index in [-0.39, 0.29) is 18.4 Å². The summed E-state index contributed by atoms with van der Waals surface area (Å²) < 4.78 is 32.0. The van der Waals surface area contributed by atoms with Crippen molar-refractivity contribution in [3.05, 3.63) is 29.8 Å². The van der Waals surface area contributed by atoms with E-state index in [0.717, 1.165) is 25.1 Å². The molecule has 5 nitrogen and oxygen atoms in total. The second kappa shape index (κ2) is 6.56. The summed E-state index contributed by atoms with van der Waals surface area (Å²) in [6.07, 6.45) is 0.870. The summed E-state index contributed by atoms with van der Waals surface area (Å²) in [7, 11) is -1.27. The second-order valence-corrected chi connectivity index (χ2v) is 7.22. The number of hydrogen-bond donors (Lipinski definition) is 1. The summed E-state index contributed by atoms with van der Waals surface area (Å²) in [6, 6.07) is 7.61. The number of sulfonamides is 1. The summed E-state index contributed by atoms with van der Waals surface area (Å²) in [4.78, 5) is 2.12. The number of ether oxygens (including phenoxy) is 1. The van der Waals surface area contributed by atoms with E-state index in [0.29, 0.717) is 5.75 Å². The van der Waals surface area contributed by atoms with Gasteiger partial charge in [-0.15, -0.1) is 0 Å². The topological polar surface area (TPSA) is 58.6 Å². The molecule has 20 heavy (non-hydrogen) atoms. The standard InChI is InChI=1S/C14H22N2O3S/c1-12-3-5-14(6-4-12)19-9-10-20(17,18)15-13-7-8-16(2)11-13/h3-6,13,15H,7-11H2,1-2H3. The molecule has 0 aromatic heterocycles. The Morgan fingerprint density at radius 3 is 2.65 bits per heavy atom. The van der Waals surface area contributed by atoms with Crippen LogP contribution in [0.5, 0.6) is 5.75 Å². The summed E-state index contributed by atoms with van der Waals surface area (Å²) in [6.45, 7) is 3.88. The van der Waals surface area contributed by atoms with E-state index in [1.165, 1.54) is 0 Å². The van der Waals surface area contributed by atoms with Crippen molar-refractivity contribution >= 4 is 10.0 Å². The molecule has 1 fully saturated rings. The van der Waals surface area contributed by atoms with Crippen molar-refractivity contribution in [1.29, 1.82) is 0 Å². The minimum Gasteiger partial charge on any atom is -0.492 e. The van der Waals surface area contributed by atoms with Gasteiger partial charge in [0.25, 0.3) is 0 Å². The van der Waals surface area contributed by atoms with Crippen LogP contribution < -0.4 is 9.46 Å². The highest BCUT2D eigenvalue weighted by Crippen LogP contribution is 2.11. The molecule has 0 spiro atoms. The molecule has 1 saturated heterocycles. The molecule has 112 valence electrons. The average Bonchev–Trinajstić information content (AvgIpc) is 2.76. The maximum Gasteiger partial charge on any atom is 0.215 e. The summed E-state index contributed by atoms with van der Waals surface area (Å²) >= 11 is 0. The fraction of sp³-hybridized carbons (Fsp3) is 0.571. The summed E-state index contributed by atoms with van der Waals surface area (Å²) in [5.41, 5.74) is 1.15. The third-order valence-corrected chi connectivity index (χ3v) is 4.78. The Labute approximate surface area is 121 Å². The third-order valence-electron chi connectivity index (χ3n) is 3.38. The molecule has 0 radical (unpaired) electrons. The lowest BCUT2D eigenvalue weighted by atomic mass is 10.2. The van der Waals surface area contributed by atoms with Gasteiger partial charge in [-0.3, -0.25) is 0 Å². The summed E-state index contributed by atoms with van der Waals surface area (Å²) in [5, 5.41) is 0. The molecular formula is C14H22N2O3S. The highest BCUT2D eigenvalue weighted by atomic mass is 32.2. The molecule has 1 atom stereocenters. The molecule has 1 aliphatic rings. The van der Waals surface area contributed by atoms with Gasteiger partial charge >= 0.3 is 0 Å². The predicted octanol–water partition coefficient (Wildman–Crippen LogP) is 0.997. The largest absolute Gasteiger partial charge is 0.492 e. The Morgan fingerprint density at radius 1 is 1.35 bits per heavy atom. The molecule has 0 bridgehead atoms. The zero-order chi connectivity index (χ0) is 14.6. The minimum atomic E-state index is -3.27. The van der Waals surface area contributed by atoms with Gasteiger partial charge < -0.3 is 9.64 Å². The first-order valence-corrected chi connectivity index (χ1v) is 8.48. The fourth-order valence-corrected chi connectivity index (χ4v) is 3.37. The van der Waals surface area contributed by atoms with Crippen molar-refractivity contribution in [2.75, 3.05) is 32.5 Å². The second-order valence-electron chi connectivity index (χ2n) is 5.35. The van der Waals surface area contributed by atoms with Crippen LogP contribution in [0.1, 0.15) is 12.0 Å². The molecule has 0 saturated carbocycles. The normalized spacial score (nSPS) is 20.2. The number of likely N-dealkylation sites (tertiary alicyclic amines) is 1. The van der Waals surface area contributed by atoms with E-state index in [1.54, 1.807) is 0 Å². The number of nitrogens with zero attached hydrogens (tertiary/aromatic N) is 1. The maximum absolute atomic E-state index is 11.9. The Hall–Kier alpha value is -1.11. The van der Waals surface area contributed by atoms with Gasteiger partial charge in [0.2, 0.25) is 10.0 Å². The molecule has 0 aliphatic carbocycles. The van der Waals surface area contributed by atoms with Crippen LogP contribution >= 0.6 is 0 Å². The zero-order valence-electron chi connectivity index (χ0n) is 12.0. The molecule has 6 heteroatoms. The number of aryl methyl sites for hydroxylation is 1. The van der Waals surface area contributed by atoms with Crippen LogP contribution in [0.25, 0.3) is 0 Å². The molecular weight excluding hydrogens is 276 g/mol. The van der Waals surface area contributed by atoms with E-state index in [4.69, 9.17) is 4.74 Å². The van der Waals surface area contributed by atoms with E-state index >= 15 is 0 Å². The maximum atomic E-state index is 11.9. The van der Waals surface area contributed by atoms with Gasteiger partial charge in [-0.2, -0.15) is 0 Å². The number of likely N-dealkylation sites (N-methyl/N-ethyl adjacent to an activating group) is 1. The lowest BCUT2D eigenvalue weighted by Crippen LogP contribution is -2.39. The number of benzene rings is 1. The molecule has 1 aliphatic heterocycles. The SMILES string of the molecule is Cc1ccc(OCCS(=O)(=O)NC2CCN(C)C2)cc1. The van der Waals surface area contributed by atoms with Crippen molar-refractivity contribution in [2.45, 2.75) is 19.4 Å². The number of hydrogen-bond acceptors (Lipinski definition) is 4. The number of rotatable bonds is 6. The van der Waals surface area contributed by atoms with Gasteiger partial charge in [0.05, 0.1) is 5.75 Å². The van der Waals surface area contributed by atoms with Crippen LogP contribution in [0, 0.1) is 6.92 Å². The van der Waals surface area contributed by atoms with Crippen LogP contribution in [-0.4, -0.2) is 51.9 Å². The molecule has 1 aromatic rings. The van der Waals surface area contributed by atoms with Crippen molar-refractivity contribution in [3.8, 4) is 5.75 Å². The third kappa shape index (κ3) is 4.77. The van der Waals surface area contributed by atoms with Crippen LogP contribution in [0.3, 0.4) is 0 Å². The first-order chi connectivity index (χ1) is 9.44. The highest BCUT2D eigenvalue weighted by molar-refractivity contribution is 7.89. The van der Waals surface area contributed by atoms with Crippen LogP contribution in [0.2, 0.25) is 0 Å². The molecule has 1 unspecified atom stereocenters. The van der Waals surface area contributed by atoms with Crippen molar-refractivity contribution in [3.63, 3.8) is 0 Å². The molecule has 0 amide bonds. The average molecular weight is 298 g/mol. The first-order valence-electron chi connectivity index (χ1n) is 6.83. The van der Waals surface area contributed by atoms with E-state index < -0.39 is 10.0 Å². The van der Waals surface area contributed by atoms with Gasteiger partial charge in [-0.1, -0.05) is 17.7 Å². The zero-order valence-corrected chi connectivity index (χ0v) is 12.8. The van der Waals surface area contributed by atoms with Gasteiger partial charge in [0.15, 0.2) is 0 Å². The lowest BCUT2D eigenvalue weighted by Gasteiger charge is -2.13. The lowest BCUT2D eigenvalue weighted by molar-refractivity contribution is 0.340. The number of nitrogens with one attached hydrogen (secondary N) is 1. The predicted molar refractivity (Wildman–Crippen MR) is 79.5 cm³/mol. The van der Waals surface area contributed by atoms with Gasteiger partial charge in [-0.25, -0.2) is 13.1 Å². The Kier molecular flexibility index (Phi) is 5.01. The van der Waals surface area contributed by atoms with E-state index in [2.05, 4.69) is 9.62 Å².